The van der Waals surface area contributed by atoms with E-state index in [2.05, 4.69) is 36.4 Å². The Labute approximate surface area is 146 Å². The maximum atomic E-state index is 5.44. The Balaban J connectivity index is 2.36. The van der Waals surface area contributed by atoms with Gasteiger partial charge in [-0.1, -0.05) is 49.8 Å². The SMILES string of the molecule is COc1ccc([C@H](C#C[Si](C)(C)C)Nc2ccccc2OC)cc1. The summed E-state index contributed by atoms with van der Waals surface area (Å²) < 4.78 is 10.7. The van der Waals surface area contributed by atoms with E-state index < -0.39 is 8.07 Å². The molecule has 3 nitrogen and oxygen atoms in total. The summed E-state index contributed by atoms with van der Waals surface area (Å²) >= 11 is 0. The molecule has 0 spiro atoms. The van der Waals surface area contributed by atoms with Crippen LogP contribution in [0.5, 0.6) is 11.5 Å². The van der Waals surface area contributed by atoms with Crippen molar-refractivity contribution in [1.82, 2.24) is 0 Å². The summed E-state index contributed by atoms with van der Waals surface area (Å²) in [4.78, 5) is 0. The van der Waals surface area contributed by atoms with E-state index in [0.717, 1.165) is 22.7 Å². The van der Waals surface area contributed by atoms with Gasteiger partial charge in [0.2, 0.25) is 0 Å². The smallest absolute Gasteiger partial charge is 0.141 e. The summed E-state index contributed by atoms with van der Waals surface area (Å²) in [5, 5.41) is 3.51. The largest absolute Gasteiger partial charge is 0.497 e. The molecule has 0 saturated heterocycles. The van der Waals surface area contributed by atoms with E-state index in [1.807, 2.05) is 48.5 Å². The minimum Gasteiger partial charge on any atom is -0.497 e. The van der Waals surface area contributed by atoms with Crippen LogP contribution in [0.15, 0.2) is 48.5 Å². The fourth-order valence-electron chi connectivity index (χ4n) is 2.21. The Kier molecular flexibility index (Phi) is 5.94. The van der Waals surface area contributed by atoms with Crippen molar-refractivity contribution in [2.75, 3.05) is 19.5 Å². The van der Waals surface area contributed by atoms with Crippen molar-refractivity contribution in [3.8, 4) is 23.0 Å². The van der Waals surface area contributed by atoms with Gasteiger partial charge in [0.15, 0.2) is 0 Å². The molecule has 126 valence electrons. The average Bonchev–Trinajstić information content (AvgIpc) is 2.58. The van der Waals surface area contributed by atoms with Gasteiger partial charge in [0.1, 0.15) is 25.6 Å². The number of hydrogen-bond donors (Lipinski definition) is 1. The predicted octanol–water partition coefficient (Wildman–Crippen LogP) is 4.74. The zero-order chi connectivity index (χ0) is 17.6. The molecule has 0 aliphatic heterocycles. The average molecular weight is 340 g/mol. The number of ether oxygens (including phenoxy) is 2. The molecule has 0 amide bonds. The van der Waals surface area contributed by atoms with E-state index in [1.165, 1.54) is 0 Å². The molecule has 0 aromatic heterocycles. The molecular formula is C20H25NO2Si. The van der Waals surface area contributed by atoms with Crippen LogP contribution in [0, 0.1) is 11.5 Å². The number of benzene rings is 2. The Morgan fingerprint density at radius 2 is 1.58 bits per heavy atom. The number of nitrogens with one attached hydrogen (secondary N) is 1. The normalized spacial score (nSPS) is 11.9. The first-order chi connectivity index (χ1) is 11.4. The van der Waals surface area contributed by atoms with Gasteiger partial charge in [-0.25, -0.2) is 0 Å². The summed E-state index contributed by atoms with van der Waals surface area (Å²) in [6.45, 7) is 6.73. The first kappa shape index (κ1) is 18.0. The van der Waals surface area contributed by atoms with Gasteiger partial charge in [-0.15, -0.1) is 5.54 Å². The lowest BCUT2D eigenvalue weighted by atomic mass is 10.1. The molecule has 0 heterocycles. The maximum absolute atomic E-state index is 5.44. The molecule has 1 N–H and O–H groups in total. The predicted molar refractivity (Wildman–Crippen MR) is 103 cm³/mol. The van der Waals surface area contributed by atoms with E-state index in [1.54, 1.807) is 14.2 Å². The molecule has 0 fully saturated rings. The van der Waals surface area contributed by atoms with Crippen LogP contribution in [0.1, 0.15) is 11.6 Å². The summed E-state index contributed by atoms with van der Waals surface area (Å²) in [5.74, 6) is 5.07. The Morgan fingerprint density at radius 1 is 0.917 bits per heavy atom. The lowest BCUT2D eigenvalue weighted by molar-refractivity contribution is 0.414. The second-order valence-electron chi connectivity index (χ2n) is 6.57. The molecule has 0 radical (unpaired) electrons. The highest BCUT2D eigenvalue weighted by molar-refractivity contribution is 6.83. The second-order valence-corrected chi connectivity index (χ2v) is 11.3. The molecule has 2 aromatic rings. The van der Waals surface area contributed by atoms with Crippen LogP contribution in [0.4, 0.5) is 5.69 Å². The lowest BCUT2D eigenvalue weighted by Crippen LogP contribution is -2.18. The molecular weight excluding hydrogens is 314 g/mol. The first-order valence-electron chi connectivity index (χ1n) is 7.99. The molecule has 2 aromatic carbocycles. The van der Waals surface area contributed by atoms with Crippen molar-refractivity contribution in [2.24, 2.45) is 0 Å². The van der Waals surface area contributed by atoms with Crippen LogP contribution >= 0.6 is 0 Å². The number of hydrogen-bond acceptors (Lipinski definition) is 3. The number of para-hydroxylation sites is 2. The van der Waals surface area contributed by atoms with Gasteiger partial charge < -0.3 is 14.8 Å². The molecule has 0 bridgehead atoms. The van der Waals surface area contributed by atoms with Crippen LogP contribution < -0.4 is 14.8 Å². The van der Waals surface area contributed by atoms with Gasteiger partial charge in [0, 0.05) is 0 Å². The first-order valence-corrected chi connectivity index (χ1v) is 11.5. The Bertz CT molecular complexity index is 724. The van der Waals surface area contributed by atoms with Gasteiger partial charge >= 0.3 is 0 Å². The highest BCUT2D eigenvalue weighted by Gasteiger charge is 2.14. The lowest BCUT2D eigenvalue weighted by Gasteiger charge is -2.18. The minimum absolute atomic E-state index is 0.0982. The molecule has 0 aliphatic rings. The molecule has 0 aliphatic carbocycles. The quantitative estimate of drug-likeness (QED) is 0.630. The van der Waals surface area contributed by atoms with Crippen LogP contribution in [0.3, 0.4) is 0 Å². The Hall–Kier alpha value is -2.38. The third kappa shape index (κ3) is 5.07. The zero-order valence-corrected chi connectivity index (χ0v) is 16.0. The van der Waals surface area contributed by atoms with Crippen LogP contribution in [-0.4, -0.2) is 22.3 Å². The highest BCUT2D eigenvalue weighted by Crippen LogP contribution is 2.28. The van der Waals surface area contributed by atoms with E-state index in [9.17, 15) is 0 Å². The van der Waals surface area contributed by atoms with Crippen molar-refractivity contribution in [3.63, 3.8) is 0 Å². The van der Waals surface area contributed by atoms with Crippen molar-refractivity contribution in [2.45, 2.75) is 25.7 Å². The molecule has 0 saturated carbocycles. The van der Waals surface area contributed by atoms with Gasteiger partial charge in [0.05, 0.1) is 19.9 Å². The van der Waals surface area contributed by atoms with Crippen molar-refractivity contribution >= 4 is 13.8 Å². The summed E-state index contributed by atoms with van der Waals surface area (Å²) in [7, 11) is 1.88. The summed E-state index contributed by atoms with van der Waals surface area (Å²) in [5.41, 5.74) is 5.50. The van der Waals surface area contributed by atoms with Crippen LogP contribution in [0.2, 0.25) is 19.6 Å². The minimum atomic E-state index is -1.47. The number of rotatable bonds is 5. The highest BCUT2D eigenvalue weighted by atomic mass is 28.3. The summed E-state index contributed by atoms with van der Waals surface area (Å²) in [6, 6.07) is 15.8. The fourth-order valence-corrected chi connectivity index (χ4v) is 2.78. The van der Waals surface area contributed by atoms with E-state index in [4.69, 9.17) is 9.47 Å². The molecule has 24 heavy (non-hydrogen) atoms. The summed E-state index contributed by atoms with van der Waals surface area (Å²) in [6.07, 6.45) is 0. The number of anilines is 1. The molecule has 1 atom stereocenters. The van der Waals surface area contributed by atoms with Crippen molar-refractivity contribution in [3.05, 3.63) is 54.1 Å². The van der Waals surface area contributed by atoms with Gasteiger partial charge in [-0.2, -0.15) is 0 Å². The molecule has 4 heteroatoms. The zero-order valence-electron chi connectivity index (χ0n) is 15.0. The monoisotopic (exact) mass is 339 g/mol. The molecule has 0 unspecified atom stereocenters. The van der Waals surface area contributed by atoms with E-state index in [0.29, 0.717) is 0 Å². The third-order valence-electron chi connectivity index (χ3n) is 3.45. The standard InChI is InChI=1S/C20H25NO2Si/c1-22-17-12-10-16(11-13-17)18(14-15-24(3,4)5)21-19-8-6-7-9-20(19)23-2/h6-13,18,21H,1-5H3/t18-/m0/s1. The van der Waals surface area contributed by atoms with Gasteiger partial charge in [-0.3, -0.25) is 0 Å². The van der Waals surface area contributed by atoms with Gasteiger partial charge in [-0.05, 0) is 29.8 Å². The van der Waals surface area contributed by atoms with E-state index >= 15 is 0 Å². The fraction of sp³-hybridized carbons (Fsp3) is 0.300. The number of methoxy groups -OCH3 is 2. The second kappa shape index (κ2) is 7.94. The van der Waals surface area contributed by atoms with Crippen LogP contribution in [0.25, 0.3) is 0 Å². The van der Waals surface area contributed by atoms with Crippen LogP contribution in [-0.2, 0) is 0 Å². The van der Waals surface area contributed by atoms with Crippen molar-refractivity contribution < 1.29 is 9.47 Å². The topological polar surface area (TPSA) is 30.5 Å². The van der Waals surface area contributed by atoms with Crippen molar-refractivity contribution in [1.29, 1.82) is 0 Å². The third-order valence-corrected chi connectivity index (χ3v) is 4.34. The van der Waals surface area contributed by atoms with E-state index in [-0.39, 0.29) is 6.04 Å². The Morgan fingerprint density at radius 3 is 2.17 bits per heavy atom. The molecule has 2 rings (SSSR count). The van der Waals surface area contributed by atoms with Gasteiger partial charge in [0.25, 0.3) is 0 Å². The maximum Gasteiger partial charge on any atom is 0.141 e.